The molecule has 1 aliphatic heterocycles. The van der Waals surface area contributed by atoms with E-state index in [1.165, 1.54) is 6.42 Å². The maximum Gasteiger partial charge on any atom is 0.0479 e. The second-order valence-electron chi connectivity index (χ2n) is 8.00. The van der Waals surface area contributed by atoms with Crippen molar-refractivity contribution in [2.24, 2.45) is 11.8 Å². The molecule has 0 spiro atoms. The van der Waals surface area contributed by atoms with Crippen molar-refractivity contribution in [2.75, 3.05) is 0 Å². The van der Waals surface area contributed by atoms with Crippen LogP contribution in [-0.4, -0.2) is 18.6 Å². The Morgan fingerprint density at radius 1 is 1.05 bits per heavy atom. The number of thioether (sulfide) groups is 1. The van der Waals surface area contributed by atoms with E-state index >= 15 is 0 Å². The van der Waals surface area contributed by atoms with Crippen molar-refractivity contribution in [2.45, 2.75) is 61.9 Å². The summed E-state index contributed by atoms with van der Waals surface area (Å²) < 4.78 is 0. The van der Waals surface area contributed by atoms with Crippen LogP contribution in [0.3, 0.4) is 0 Å². The van der Waals surface area contributed by atoms with Gasteiger partial charge in [-0.2, -0.15) is 11.8 Å². The fourth-order valence-electron chi connectivity index (χ4n) is 5.15. The zero-order valence-electron chi connectivity index (χ0n) is 13.5. The first-order valence-corrected chi connectivity index (χ1v) is 12.6. The molecule has 0 radical (unpaired) electrons. The molecule has 0 amide bonds. The Balaban J connectivity index is 1.98. The summed E-state index contributed by atoms with van der Waals surface area (Å²) >= 11 is 2.28. The first-order valence-electron chi connectivity index (χ1n) is 8.10. The number of hydrogen-bond donors (Lipinski definition) is 0. The summed E-state index contributed by atoms with van der Waals surface area (Å²) in [5.74, 6) is 2.65. The molecule has 2 aliphatic rings. The molecule has 0 bridgehead atoms. The van der Waals surface area contributed by atoms with Gasteiger partial charge in [0.2, 0.25) is 0 Å². The van der Waals surface area contributed by atoms with Crippen molar-refractivity contribution in [3.63, 3.8) is 0 Å². The van der Waals surface area contributed by atoms with Gasteiger partial charge >= 0.3 is 0 Å². The summed E-state index contributed by atoms with van der Waals surface area (Å²) in [7, 11) is -1.09. The van der Waals surface area contributed by atoms with Crippen LogP contribution in [0.15, 0.2) is 30.3 Å². The molecule has 0 N–H and O–H groups in total. The van der Waals surface area contributed by atoms with Gasteiger partial charge in [0.15, 0.2) is 0 Å². The van der Waals surface area contributed by atoms with Gasteiger partial charge in [0.1, 0.15) is 0 Å². The Morgan fingerprint density at radius 2 is 1.70 bits per heavy atom. The highest BCUT2D eigenvalue weighted by atomic mass is 32.2. The van der Waals surface area contributed by atoms with Crippen molar-refractivity contribution in [1.82, 2.24) is 0 Å². The smallest absolute Gasteiger partial charge is 0.0479 e. The molecule has 6 unspecified atom stereocenters. The van der Waals surface area contributed by atoms with E-state index < -0.39 is 8.07 Å². The molecule has 6 atom stereocenters. The molecule has 0 aromatic heterocycles. The normalized spacial score (nSPS) is 40.9. The number of benzene rings is 1. The zero-order valence-corrected chi connectivity index (χ0v) is 15.3. The van der Waals surface area contributed by atoms with E-state index in [4.69, 9.17) is 0 Å². The van der Waals surface area contributed by atoms with Crippen molar-refractivity contribution in [3.8, 4) is 0 Å². The van der Waals surface area contributed by atoms with Crippen molar-refractivity contribution < 1.29 is 0 Å². The summed E-state index contributed by atoms with van der Waals surface area (Å²) in [4.78, 5) is 0. The Hall–Kier alpha value is -0.213. The van der Waals surface area contributed by atoms with Crippen LogP contribution in [-0.2, 0) is 0 Å². The first-order chi connectivity index (χ1) is 9.39. The van der Waals surface area contributed by atoms with Crippen molar-refractivity contribution >= 4 is 19.8 Å². The molecular weight excluding hydrogens is 276 g/mol. The van der Waals surface area contributed by atoms with Crippen LogP contribution >= 0.6 is 11.8 Å². The van der Waals surface area contributed by atoms with Gasteiger partial charge in [0, 0.05) is 18.6 Å². The topological polar surface area (TPSA) is 0 Å². The molecule has 1 heterocycles. The van der Waals surface area contributed by atoms with E-state index in [1.54, 1.807) is 5.56 Å². The van der Waals surface area contributed by atoms with E-state index in [0.29, 0.717) is 0 Å². The second-order valence-corrected chi connectivity index (χ2v) is 15.0. The SMILES string of the molecule is CC1CC2SC(C)C(c3ccccc3)C2C1[Si](C)(C)C. The maximum absolute atomic E-state index is 2.59. The van der Waals surface area contributed by atoms with E-state index in [0.717, 1.165) is 33.8 Å². The first kappa shape index (κ1) is 14.7. The van der Waals surface area contributed by atoms with Gasteiger partial charge in [0.25, 0.3) is 0 Å². The van der Waals surface area contributed by atoms with Crippen LogP contribution in [0.2, 0.25) is 25.2 Å². The number of hydrogen-bond acceptors (Lipinski definition) is 1. The number of fused-ring (bicyclic) bond motifs is 1. The minimum Gasteiger partial charge on any atom is -0.154 e. The fraction of sp³-hybridized carbons (Fsp3) is 0.667. The molecule has 20 heavy (non-hydrogen) atoms. The molecule has 2 heteroatoms. The van der Waals surface area contributed by atoms with Gasteiger partial charge in [-0.3, -0.25) is 0 Å². The molecule has 3 rings (SSSR count). The quantitative estimate of drug-likeness (QED) is 0.637. The van der Waals surface area contributed by atoms with Crippen LogP contribution < -0.4 is 0 Å². The Bertz CT molecular complexity index is 464. The lowest BCUT2D eigenvalue weighted by Crippen LogP contribution is -2.36. The highest BCUT2D eigenvalue weighted by Crippen LogP contribution is 2.63. The van der Waals surface area contributed by atoms with Crippen LogP contribution in [0, 0.1) is 11.8 Å². The number of rotatable bonds is 2. The summed E-state index contributed by atoms with van der Waals surface area (Å²) in [6, 6.07) is 11.3. The standard InChI is InChI=1S/C18H28SSi/c1-12-11-15-17(18(12)20(3,4)5)16(13(2)19-15)14-9-7-6-8-10-14/h6-10,12-13,15-18H,11H2,1-5H3. The average molecular weight is 305 g/mol. The van der Waals surface area contributed by atoms with Gasteiger partial charge in [-0.05, 0) is 35.3 Å². The summed E-state index contributed by atoms with van der Waals surface area (Å²) in [6.07, 6.45) is 1.46. The van der Waals surface area contributed by atoms with E-state index in [2.05, 4.69) is 75.6 Å². The molecule has 1 aromatic rings. The predicted molar refractivity (Wildman–Crippen MR) is 94.4 cm³/mol. The van der Waals surface area contributed by atoms with Gasteiger partial charge in [-0.25, -0.2) is 0 Å². The van der Waals surface area contributed by atoms with Gasteiger partial charge in [-0.1, -0.05) is 63.8 Å². The molecule has 110 valence electrons. The Morgan fingerprint density at radius 3 is 2.30 bits per heavy atom. The van der Waals surface area contributed by atoms with E-state index in [9.17, 15) is 0 Å². The van der Waals surface area contributed by atoms with Gasteiger partial charge < -0.3 is 0 Å². The van der Waals surface area contributed by atoms with Crippen LogP contribution in [0.5, 0.6) is 0 Å². The van der Waals surface area contributed by atoms with E-state index in [-0.39, 0.29) is 0 Å². The molecule has 1 aliphatic carbocycles. The third kappa shape index (κ3) is 2.39. The lowest BCUT2D eigenvalue weighted by Gasteiger charge is -2.37. The molecule has 1 saturated heterocycles. The highest BCUT2D eigenvalue weighted by molar-refractivity contribution is 8.00. The molecule has 1 saturated carbocycles. The molecular formula is C18H28SSi. The minimum absolute atomic E-state index is 0.785. The van der Waals surface area contributed by atoms with Gasteiger partial charge in [0.05, 0.1) is 0 Å². The Kier molecular flexibility index (Phi) is 3.83. The van der Waals surface area contributed by atoms with Crippen LogP contribution in [0.25, 0.3) is 0 Å². The van der Waals surface area contributed by atoms with E-state index in [1.807, 2.05) is 0 Å². The third-order valence-corrected chi connectivity index (χ3v) is 10.1. The minimum atomic E-state index is -1.09. The summed E-state index contributed by atoms with van der Waals surface area (Å²) in [6.45, 7) is 12.8. The summed E-state index contributed by atoms with van der Waals surface area (Å²) in [5.41, 5.74) is 2.59. The molecule has 1 aromatic carbocycles. The van der Waals surface area contributed by atoms with Crippen LogP contribution in [0.1, 0.15) is 31.7 Å². The molecule has 2 fully saturated rings. The fourth-order valence-corrected chi connectivity index (χ4v) is 10.7. The largest absolute Gasteiger partial charge is 0.154 e. The van der Waals surface area contributed by atoms with Crippen LogP contribution in [0.4, 0.5) is 0 Å². The summed E-state index contributed by atoms with van der Waals surface area (Å²) in [5, 5.41) is 1.71. The zero-order chi connectivity index (χ0) is 14.5. The van der Waals surface area contributed by atoms with Crippen molar-refractivity contribution in [3.05, 3.63) is 35.9 Å². The van der Waals surface area contributed by atoms with Gasteiger partial charge in [-0.15, -0.1) is 0 Å². The third-order valence-electron chi connectivity index (χ3n) is 5.56. The monoisotopic (exact) mass is 304 g/mol. The van der Waals surface area contributed by atoms with Crippen molar-refractivity contribution in [1.29, 1.82) is 0 Å². The molecule has 0 nitrogen and oxygen atoms in total. The predicted octanol–water partition coefficient (Wildman–Crippen LogP) is 5.64. The lowest BCUT2D eigenvalue weighted by atomic mass is 9.82. The average Bonchev–Trinajstić information content (AvgIpc) is 2.81. The Labute approximate surface area is 129 Å². The lowest BCUT2D eigenvalue weighted by molar-refractivity contribution is 0.432. The second kappa shape index (κ2) is 5.21. The highest BCUT2D eigenvalue weighted by Gasteiger charge is 2.55. The maximum atomic E-state index is 2.59.